The van der Waals surface area contributed by atoms with Crippen LogP contribution in [0.1, 0.15) is 44.5 Å². The van der Waals surface area contributed by atoms with Crippen molar-refractivity contribution in [3.63, 3.8) is 0 Å². The second-order valence-electron chi connectivity index (χ2n) is 4.65. The summed E-state index contributed by atoms with van der Waals surface area (Å²) in [5.41, 5.74) is 1.40. The minimum Gasteiger partial charge on any atom is -0.281 e. The van der Waals surface area contributed by atoms with Crippen LogP contribution in [0.3, 0.4) is 0 Å². The first-order valence-corrected chi connectivity index (χ1v) is 8.11. The Balaban J connectivity index is 2.42. The number of sulfonamides is 1. The van der Waals surface area contributed by atoms with Gasteiger partial charge in [-0.25, -0.2) is 8.42 Å². The average molecular weight is 271 g/mol. The van der Waals surface area contributed by atoms with Gasteiger partial charge < -0.3 is 0 Å². The summed E-state index contributed by atoms with van der Waals surface area (Å²) in [5, 5.41) is 7.00. The number of H-pyrrole nitrogens is 1. The van der Waals surface area contributed by atoms with E-state index in [-0.39, 0.29) is 0 Å². The molecule has 0 atom stereocenters. The van der Waals surface area contributed by atoms with Gasteiger partial charge in [-0.3, -0.25) is 5.10 Å². The molecule has 0 radical (unpaired) electrons. The molecule has 1 aromatic rings. The summed E-state index contributed by atoms with van der Waals surface area (Å²) in [6, 6.07) is 0. The van der Waals surface area contributed by atoms with E-state index in [0.717, 1.165) is 25.0 Å². The van der Waals surface area contributed by atoms with E-state index in [1.807, 2.05) is 13.8 Å². The van der Waals surface area contributed by atoms with Crippen LogP contribution in [-0.4, -0.2) is 36.0 Å². The maximum absolute atomic E-state index is 12.7. The molecule has 5 nitrogen and oxygen atoms in total. The molecule has 2 rings (SSSR count). The zero-order chi connectivity index (χ0) is 13.2. The lowest BCUT2D eigenvalue weighted by Crippen LogP contribution is -2.36. The Morgan fingerprint density at radius 1 is 1.17 bits per heavy atom. The predicted molar refractivity (Wildman–Crippen MR) is 70.0 cm³/mol. The van der Waals surface area contributed by atoms with Crippen molar-refractivity contribution in [2.45, 2.75) is 50.8 Å². The Bertz CT molecular complexity index is 480. The van der Waals surface area contributed by atoms with Gasteiger partial charge >= 0.3 is 0 Å². The highest BCUT2D eigenvalue weighted by atomic mass is 32.2. The van der Waals surface area contributed by atoms with Crippen molar-refractivity contribution in [1.82, 2.24) is 14.5 Å². The van der Waals surface area contributed by atoms with Gasteiger partial charge in [0.1, 0.15) is 4.90 Å². The zero-order valence-electron chi connectivity index (χ0n) is 11.1. The molecule has 1 saturated heterocycles. The van der Waals surface area contributed by atoms with Gasteiger partial charge in [0.15, 0.2) is 0 Å². The topological polar surface area (TPSA) is 66.1 Å². The molecule has 0 bridgehead atoms. The summed E-state index contributed by atoms with van der Waals surface area (Å²) in [7, 11) is -3.36. The van der Waals surface area contributed by atoms with Gasteiger partial charge in [-0.1, -0.05) is 20.3 Å². The van der Waals surface area contributed by atoms with E-state index in [0.29, 0.717) is 36.5 Å². The molecule has 1 N–H and O–H groups in total. The molecule has 0 aromatic carbocycles. The normalized spacial score (nSPS) is 18.1. The molecule has 0 amide bonds. The maximum Gasteiger partial charge on any atom is 0.246 e. The molecule has 102 valence electrons. The maximum atomic E-state index is 12.7. The largest absolute Gasteiger partial charge is 0.281 e. The molecule has 1 aromatic heterocycles. The molecule has 0 saturated carbocycles. The lowest BCUT2D eigenvalue weighted by molar-refractivity contribution is 0.346. The number of aryl methyl sites for hydroxylation is 2. The lowest BCUT2D eigenvalue weighted by atomic mass is 10.2. The van der Waals surface area contributed by atoms with Crippen molar-refractivity contribution in [2.75, 3.05) is 13.1 Å². The van der Waals surface area contributed by atoms with Crippen molar-refractivity contribution in [3.8, 4) is 0 Å². The Morgan fingerprint density at radius 3 is 2.39 bits per heavy atom. The van der Waals surface area contributed by atoms with Crippen LogP contribution in [0.5, 0.6) is 0 Å². The summed E-state index contributed by atoms with van der Waals surface area (Å²) in [6.45, 7) is 5.16. The van der Waals surface area contributed by atoms with Crippen molar-refractivity contribution in [3.05, 3.63) is 11.4 Å². The highest BCUT2D eigenvalue weighted by Gasteiger charge is 2.31. The van der Waals surface area contributed by atoms with Gasteiger partial charge in [-0.05, 0) is 25.7 Å². The first-order valence-electron chi connectivity index (χ1n) is 6.67. The molecule has 1 aliphatic heterocycles. The van der Waals surface area contributed by atoms with Gasteiger partial charge in [0.2, 0.25) is 10.0 Å². The predicted octanol–water partition coefficient (Wildman–Crippen LogP) is 1.71. The van der Waals surface area contributed by atoms with Crippen LogP contribution in [0.15, 0.2) is 4.90 Å². The van der Waals surface area contributed by atoms with E-state index >= 15 is 0 Å². The number of piperidine rings is 1. The fraction of sp³-hybridized carbons (Fsp3) is 0.750. The third-order valence-corrected chi connectivity index (χ3v) is 5.51. The van der Waals surface area contributed by atoms with E-state index in [1.165, 1.54) is 0 Å². The number of hydrogen-bond donors (Lipinski definition) is 1. The smallest absolute Gasteiger partial charge is 0.246 e. The molecule has 0 spiro atoms. The first-order chi connectivity index (χ1) is 8.61. The highest BCUT2D eigenvalue weighted by Crippen LogP contribution is 2.25. The third-order valence-electron chi connectivity index (χ3n) is 3.46. The minimum atomic E-state index is -3.36. The molecule has 1 fully saturated rings. The summed E-state index contributed by atoms with van der Waals surface area (Å²) in [6.07, 6.45) is 4.34. The van der Waals surface area contributed by atoms with Crippen LogP contribution in [0.4, 0.5) is 0 Å². The second-order valence-corrected chi connectivity index (χ2v) is 6.52. The summed E-state index contributed by atoms with van der Waals surface area (Å²) in [5.74, 6) is 0. The number of aromatic nitrogens is 2. The summed E-state index contributed by atoms with van der Waals surface area (Å²) >= 11 is 0. The average Bonchev–Trinajstić information content (AvgIpc) is 2.83. The summed E-state index contributed by atoms with van der Waals surface area (Å²) in [4.78, 5) is 0.425. The minimum absolute atomic E-state index is 0.425. The van der Waals surface area contributed by atoms with Crippen LogP contribution in [0, 0.1) is 0 Å². The van der Waals surface area contributed by atoms with Crippen LogP contribution >= 0.6 is 0 Å². The molecular weight excluding hydrogens is 250 g/mol. The van der Waals surface area contributed by atoms with E-state index in [9.17, 15) is 8.42 Å². The fourth-order valence-corrected chi connectivity index (χ4v) is 4.42. The van der Waals surface area contributed by atoms with Crippen LogP contribution in [0.25, 0.3) is 0 Å². The van der Waals surface area contributed by atoms with Crippen molar-refractivity contribution < 1.29 is 8.42 Å². The number of nitrogens with one attached hydrogen (secondary N) is 1. The second kappa shape index (κ2) is 5.40. The number of hydrogen-bond acceptors (Lipinski definition) is 3. The van der Waals surface area contributed by atoms with Gasteiger partial charge in [-0.2, -0.15) is 9.40 Å². The molecular formula is C12H21N3O2S. The van der Waals surface area contributed by atoms with E-state index < -0.39 is 10.0 Å². The highest BCUT2D eigenvalue weighted by molar-refractivity contribution is 7.89. The Labute approximate surface area is 109 Å². The monoisotopic (exact) mass is 271 g/mol. The fourth-order valence-electron chi connectivity index (χ4n) is 2.43. The van der Waals surface area contributed by atoms with Gasteiger partial charge in [0.25, 0.3) is 0 Å². The van der Waals surface area contributed by atoms with Gasteiger partial charge in [-0.15, -0.1) is 0 Å². The quantitative estimate of drug-likeness (QED) is 0.906. The zero-order valence-corrected chi connectivity index (χ0v) is 11.9. The SMILES string of the molecule is CCc1n[nH]c(CC)c1S(=O)(=O)N1CCCCC1. The van der Waals surface area contributed by atoms with E-state index in [2.05, 4.69) is 10.2 Å². The van der Waals surface area contributed by atoms with Crippen LogP contribution in [0.2, 0.25) is 0 Å². The summed E-state index contributed by atoms with van der Waals surface area (Å²) < 4.78 is 27.0. The third kappa shape index (κ3) is 2.31. The number of nitrogens with zero attached hydrogens (tertiary/aromatic N) is 2. The standard InChI is InChI=1S/C12H21N3O2S/c1-3-10-12(11(4-2)14-13-10)18(16,17)15-8-6-5-7-9-15/h3-9H2,1-2H3,(H,13,14). The number of rotatable bonds is 4. The molecule has 6 heteroatoms. The molecule has 2 heterocycles. The van der Waals surface area contributed by atoms with E-state index in [1.54, 1.807) is 4.31 Å². The van der Waals surface area contributed by atoms with Crippen molar-refractivity contribution >= 4 is 10.0 Å². The number of aromatic amines is 1. The molecule has 1 aliphatic rings. The molecule has 0 aliphatic carbocycles. The Morgan fingerprint density at radius 2 is 1.83 bits per heavy atom. The van der Waals surface area contributed by atoms with Gasteiger partial charge in [0, 0.05) is 13.1 Å². The Hall–Kier alpha value is -0.880. The van der Waals surface area contributed by atoms with Crippen LogP contribution in [-0.2, 0) is 22.9 Å². The first kappa shape index (κ1) is 13.5. The van der Waals surface area contributed by atoms with E-state index in [4.69, 9.17) is 0 Å². The van der Waals surface area contributed by atoms with Crippen molar-refractivity contribution in [2.24, 2.45) is 0 Å². The molecule has 18 heavy (non-hydrogen) atoms. The molecule has 0 unspecified atom stereocenters. The van der Waals surface area contributed by atoms with Crippen molar-refractivity contribution in [1.29, 1.82) is 0 Å². The lowest BCUT2D eigenvalue weighted by Gasteiger charge is -2.26. The van der Waals surface area contributed by atoms with Gasteiger partial charge in [0.05, 0.1) is 11.4 Å². The Kier molecular flexibility index (Phi) is 4.07. The van der Waals surface area contributed by atoms with Crippen LogP contribution < -0.4 is 0 Å².